The van der Waals surface area contributed by atoms with Gasteiger partial charge in [0.25, 0.3) is 0 Å². The molecule has 0 bridgehead atoms. The minimum atomic E-state index is -0.122. The first-order chi connectivity index (χ1) is 13.6. The molecule has 4 heteroatoms. The maximum absolute atomic E-state index is 11.4. The van der Waals surface area contributed by atoms with Crippen molar-refractivity contribution in [2.45, 2.75) is 38.6 Å². The number of hydrogen-bond donors (Lipinski definition) is 1. The minimum Gasteiger partial charge on any atom is -0.371 e. The highest BCUT2D eigenvalue weighted by atomic mass is 16.1. The van der Waals surface area contributed by atoms with E-state index in [9.17, 15) is 4.79 Å². The van der Waals surface area contributed by atoms with Crippen molar-refractivity contribution in [2.75, 3.05) is 31.1 Å². The van der Waals surface area contributed by atoms with E-state index in [1.165, 1.54) is 35.2 Å². The molecule has 0 atom stereocenters. The third-order valence-electron chi connectivity index (χ3n) is 6.51. The monoisotopic (exact) mass is 377 g/mol. The lowest BCUT2D eigenvalue weighted by atomic mass is 9.93. The molecule has 2 saturated heterocycles. The summed E-state index contributed by atoms with van der Waals surface area (Å²) in [6.45, 7) is 6.35. The first-order valence-electron chi connectivity index (χ1n) is 10.6. The van der Waals surface area contributed by atoms with Gasteiger partial charge in [-0.25, -0.2) is 0 Å². The number of benzene rings is 2. The first-order valence-corrected chi connectivity index (χ1v) is 10.6. The van der Waals surface area contributed by atoms with Gasteiger partial charge in [-0.15, -0.1) is 0 Å². The fraction of sp³-hybridized carbons (Fsp3) is 0.458. The van der Waals surface area contributed by atoms with Gasteiger partial charge in [-0.2, -0.15) is 0 Å². The number of anilines is 1. The summed E-state index contributed by atoms with van der Waals surface area (Å²) in [6.07, 6.45) is 4.23. The zero-order valence-electron chi connectivity index (χ0n) is 16.8. The quantitative estimate of drug-likeness (QED) is 0.881. The van der Waals surface area contributed by atoms with Gasteiger partial charge in [0, 0.05) is 30.7 Å². The molecule has 2 N–H and O–H groups in total. The summed E-state index contributed by atoms with van der Waals surface area (Å²) in [5, 5.41) is 0. The maximum Gasteiger partial charge on any atom is 0.220 e. The number of amides is 1. The largest absolute Gasteiger partial charge is 0.371 e. The normalized spacial score (nSPS) is 19.7. The number of aryl methyl sites for hydroxylation is 1. The van der Waals surface area contributed by atoms with Crippen LogP contribution in [0.3, 0.4) is 0 Å². The first kappa shape index (κ1) is 19.0. The molecule has 0 saturated carbocycles. The summed E-state index contributed by atoms with van der Waals surface area (Å²) in [4.78, 5) is 16.5. The van der Waals surface area contributed by atoms with Crippen LogP contribution in [0.5, 0.6) is 0 Å². The Morgan fingerprint density at radius 1 is 0.893 bits per heavy atom. The van der Waals surface area contributed by atoms with E-state index in [2.05, 4.69) is 65.3 Å². The van der Waals surface area contributed by atoms with Crippen molar-refractivity contribution < 1.29 is 4.79 Å². The van der Waals surface area contributed by atoms with Gasteiger partial charge in [-0.3, -0.25) is 4.79 Å². The molecule has 1 amide bonds. The van der Waals surface area contributed by atoms with Crippen LogP contribution in [0, 0.1) is 12.8 Å². The number of carbonyl (C=O) groups excluding carboxylic acids is 1. The molecule has 0 unspecified atom stereocenters. The number of hydrogen-bond acceptors (Lipinski definition) is 3. The van der Waals surface area contributed by atoms with Crippen molar-refractivity contribution in [3.05, 3.63) is 54.1 Å². The predicted molar refractivity (Wildman–Crippen MR) is 115 cm³/mol. The smallest absolute Gasteiger partial charge is 0.220 e. The zero-order valence-corrected chi connectivity index (χ0v) is 16.8. The summed E-state index contributed by atoms with van der Waals surface area (Å²) in [7, 11) is 0. The van der Waals surface area contributed by atoms with Crippen molar-refractivity contribution >= 4 is 11.6 Å². The fourth-order valence-corrected chi connectivity index (χ4v) is 4.67. The van der Waals surface area contributed by atoms with Crippen molar-refractivity contribution in [2.24, 2.45) is 11.7 Å². The van der Waals surface area contributed by atoms with Crippen LogP contribution in [-0.4, -0.2) is 43.0 Å². The molecule has 2 aliphatic rings. The molecule has 2 aliphatic heterocycles. The summed E-state index contributed by atoms with van der Waals surface area (Å²) < 4.78 is 0. The van der Waals surface area contributed by atoms with Gasteiger partial charge in [0.15, 0.2) is 0 Å². The topological polar surface area (TPSA) is 49.6 Å². The van der Waals surface area contributed by atoms with E-state index in [0.717, 1.165) is 39.0 Å². The highest BCUT2D eigenvalue weighted by Gasteiger charge is 2.29. The van der Waals surface area contributed by atoms with Crippen molar-refractivity contribution in [3.63, 3.8) is 0 Å². The molecule has 2 aromatic rings. The lowest BCUT2D eigenvalue weighted by Gasteiger charge is -2.42. The summed E-state index contributed by atoms with van der Waals surface area (Å²) in [6, 6.07) is 18.3. The second kappa shape index (κ2) is 8.36. The highest BCUT2D eigenvalue weighted by molar-refractivity contribution is 5.76. The van der Waals surface area contributed by atoms with Crippen molar-refractivity contribution in [3.8, 4) is 11.1 Å². The lowest BCUT2D eigenvalue weighted by Crippen LogP contribution is -2.48. The van der Waals surface area contributed by atoms with E-state index in [1.54, 1.807) is 0 Å². The Bertz CT molecular complexity index is 801. The maximum atomic E-state index is 11.4. The second-order valence-corrected chi connectivity index (χ2v) is 8.35. The third-order valence-corrected chi connectivity index (χ3v) is 6.51. The van der Waals surface area contributed by atoms with Crippen LogP contribution in [0.1, 0.15) is 31.2 Å². The van der Waals surface area contributed by atoms with Gasteiger partial charge >= 0.3 is 0 Å². The molecule has 0 spiro atoms. The molecule has 4 rings (SSSR count). The van der Waals surface area contributed by atoms with E-state index >= 15 is 0 Å². The average Bonchev–Trinajstić information content (AvgIpc) is 2.74. The van der Waals surface area contributed by atoms with Gasteiger partial charge in [0.1, 0.15) is 0 Å². The minimum absolute atomic E-state index is 0.0841. The molecule has 148 valence electrons. The van der Waals surface area contributed by atoms with Gasteiger partial charge in [-0.1, -0.05) is 42.0 Å². The third kappa shape index (κ3) is 4.22. The van der Waals surface area contributed by atoms with Crippen molar-refractivity contribution in [1.82, 2.24) is 4.90 Å². The SMILES string of the molecule is Cc1ccc(-c2cccc(N3CCC(N4CCC(C(N)=O)CC4)CC3)c2)cc1. The number of carbonyl (C=O) groups is 1. The van der Waals surface area contributed by atoms with Crippen LogP contribution in [0.2, 0.25) is 0 Å². The fourth-order valence-electron chi connectivity index (χ4n) is 4.67. The number of primary amides is 1. The Morgan fingerprint density at radius 2 is 1.57 bits per heavy atom. The van der Waals surface area contributed by atoms with E-state index in [0.29, 0.717) is 6.04 Å². The molecule has 4 nitrogen and oxygen atoms in total. The molecule has 0 aliphatic carbocycles. The predicted octanol–water partition coefficient (Wildman–Crippen LogP) is 3.83. The molecule has 2 aromatic carbocycles. The molecular weight excluding hydrogens is 346 g/mol. The number of piperidine rings is 2. The standard InChI is InChI=1S/C24H31N3O/c1-18-5-7-19(8-6-18)21-3-2-4-23(17-21)27-15-11-22(12-16-27)26-13-9-20(10-14-26)24(25)28/h2-8,17,20,22H,9-16H2,1H3,(H2,25,28). The van der Waals surface area contributed by atoms with Gasteiger partial charge < -0.3 is 15.5 Å². The number of likely N-dealkylation sites (tertiary alicyclic amines) is 1. The Kier molecular flexibility index (Phi) is 5.67. The Morgan fingerprint density at radius 3 is 2.21 bits per heavy atom. The Hall–Kier alpha value is -2.33. The van der Waals surface area contributed by atoms with E-state index in [4.69, 9.17) is 5.73 Å². The lowest BCUT2D eigenvalue weighted by molar-refractivity contribution is -0.123. The Balaban J connectivity index is 1.36. The Labute approximate surface area is 168 Å². The molecule has 28 heavy (non-hydrogen) atoms. The highest BCUT2D eigenvalue weighted by Crippen LogP contribution is 2.29. The van der Waals surface area contributed by atoms with Crippen LogP contribution in [0.15, 0.2) is 48.5 Å². The molecular formula is C24H31N3O. The average molecular weight is 378 g/mol. The van der Waals surface area contributed by atoms with Gasteiger partial charge in [-0.05, 0) is 69.0 Å². The molecule has 0 aromatic heterocycles. The van der Waals surface area contributed by atoms with E-state index in [-0.39, 0.29) is 11.8 Å². The van der Waals surface area contributed by atoms with Crippen molar-refractivity contribution in [1.29, 1.82) is 0 Å². The van der Waals surface area contributed by atoms with Crippen LogP contribution < -0.4 is 10.6 Å². The number of nitrogens with two attached hydrogens (primary N) is 1. The van der Waals surface area contributed by atoms with Gasteiger partial charge in [0.05, 0.1) is 0 Å². The number of nitrogens with zero attached hydrogens (tertiary/aromatic N) is 2. The molecule has 2 fully saturated rings. The molecule has 2 heterocycles. The number of rotatable bonds is 4. The zero-order chi connectivity index (χ0) is 19.5. The summed E-state index contributed by atoms with van der Waals surface area (Å²) >= 11 is 0. The van der Waals surface area contributed by atoms with Crippen LogP contribution in [0.4, 0.5) is 5.69 Å². The molecule has 0 radical (unpaired) electrons. The summed E-state index contributed by atoms with van der Waals surface area (Å²) in [5.41, 5.74) is 10.7. The van der Waals surface area contributed by atoms with E-state index in [1.807, 2.05) is 0 Å². The summed E-state index contributed by atoms with van der Waals surface area (Å²) in [5.74, 6) is -0.0382. The van der Waals surface area contributed by atoms with E-state index < -0.39 is 0 Å². The van der Waals surface area contributed by atoms with Crippen LogP contribution in [-0.2, 0) is 4.79 Å². The van der Waals surface area contributed by atoms with Crippen LogP contribution in [0.25, 0.3) is 11.1 Å². The van der Waals surface area contributed by atoms with Gasteiger partial charge in [0.2, 0.25) is 5.91 Å². The second-order valence-electron chi connectivity index (χ2n) is 8.35. The van der Waals surface area contributed by atoms with Crippen LogP contribution >= 0.6 is 0 Å².